The van der Waals surface area contributed by atoms with Gasteiger partial charge in [0.15, 0.2) is 0 Å². The summed E-state index contributed by atoms with van der Waals surface area (Å²) in [6, 6.07) is 11.2. The third kappa shape index (κ3) is 2.62. The number of hydrogen-bond acceptors (Lipinski definition) is 2. The first kappa shape index (κ1) is 14.3. The van der Waals surface area contributed by atoms with Crippen molar-refractivity contribution in [1.29, 1.82) is 0 Å². The van der Waals surface area contributed by atoms with Crippen LogP contribution < -0.4 is 5.32 Å². The van der Waals surface area contributed by atoms with E-state index in [2.05, 4.69) is 61.8 Å². The minimum atomic E-state index is 0.198. The lowest BCUT2D eigenvalue weighted by atomic mass is 9.67. The van der Waals surface area contributed by atoms with E-state index in [1.165, 1.54) is 36.1 Å². The third-order valence-corrected chi connectivity index (χ3v) is 4.82. The fourth-order valence-corrected chi connectivity index (χ4v) is 3.95. The smallest absolute Gasteiger partial charge is 0.0596 e. The van der Waals surface area contributed by atoms with Crippen molar-refractivity contribution in [2.75, 3.05) is 13.6 Å². The molecule has 1 aromatic carbocycles. The second kappa shape index (κ2) is 5.64. The number of fused-ring (bicyclic) bond motifs is 1. The SMILES string of the molecule is CNCC1(Cc2cc(C)nn2C)CCCc2ccccc21. The molecule has 0 spiro atoms. The number of aromatic nitrogens is 2. The molecule has 1 aliphatic carbocycles. The summed E-state index contributed by atoms with van der Waals surface area (Å²) in [5.41, 5.74) is 5.70. The van der Waals surface area contributed by atoms with Gasteiger partial charge in [-0.15, -0.1) is 0 Å². The molecule has 2 aromatic rings. The molecule has 1 aromatic heterocycles. The summed E-state index contributed by atoms with van der Waals surface area (Å²) < 4.78 is 2.05. The summed E-state index contributed by atoms with van der Waals surface area (Å²) in [6.45, 7) is 3.09. The predicted molar refractivity (Wildman–Crippen MR) is 86.6 cm³/mol. The average molecular weight is 283 g/mol. The van der Waals surface area contributed by atoms with Gasteiger partial charge < -0.3 is 5.32 Å². The first-order chi connectivity index (χ1) is 10.1. The van der Waals surface area contributed by atoms with Gasteiger partial charge in [-0.1, -0.05) is 24.3 Å². The Hall–Kier alpha value is -1.61. The quantitative estimate of drug-likeness (QED) is 0.935. The summed E-state index contributed by atoms with van der Waals surface area (Å²) >= 11 is 0. The van der Waals surface area contributed by atoms with Crippen molar-refractivity contribution in [3.05, 3.63) is 52.8 Å². The van der Waals surface area contributed by atoms with Crippen LogP contribution in [0, 0.1) is 6.92 Å². The minimum Gasteiger partial charge on any atom is -0.319 e. The molecule has 1 N–H and O–H groups in total. The average Bonchev–Trinajstić information content (AvgIpc) is 2.77. The fourth-order valence-electron chi connectivity index (χ4n) is 3.95. The van der Waals surface area contributed by atoms with Crippen LogP contribution in [0.5, 0.6) is 0 Å². The Balaban J connectivity index is 2.03. The van der Waals surface area contributed by atoms with Crippen LogP contribution in [0.25, 0.3) is 0 Å². The van der Waals surface area contributed by atoms with E-state index >= 15 is 0 Å². The van der Waals surface area contributed by atoms with Crippen LogP contribution in [0.2, 0.25) is 0 Å². The fraction of sp³-hybridized carbons (Fsp3) is 0.500. The van der Waals surface area contributed by atoms with Crippen LogP contribution in [0.15, 0.2) is 30.3 Å². The molecule has 1 aliphatic rings. The van der Waals surface area contributed by atoms with Gasteiger partial charge >= 0.3 is 0 Å². The Labute approximate surface area is 127 Å². The highest BCUT2D eigenvalue weighted by molar-refractivity contribution is 5.38. The van der Waals surface area contributed by atoms with Crippen LogP contribution in [-0.2, 0) is 25.3 Å². The maximum Gasteiger partial charge on any atom is 0.0596 e. The Kier molecular flexibility index (Phi) is 3.85. The highest BCUT2D eigenvalue weighted by Gasteiger charge is 2.36. The Morgan fingerprint density at radius 1 is 1.33 bits per heavy atom. The zero-order valence-electron chi connectivity index (χ0n) is 13.3. The summed E-state index contributed by atoms with van der Waals surface area (Å²) in [6.07, 6.45) is 4.79. The maximum atomic E-state index is 4.52. The molecule has 0 amide bonds. The number of aryl methyl sites for hydroxylation is 3. The van der Waals surface area contributed by atoms with Crippen molar-refractivity contribution in [1.82, 2.24) is 15.1 Å². The van der Waals surface area contributed by atoms with E-state index < -0.39 is 0 Å². The van der Waals surface area contributed by atoms with Crippen LogP contribution in [0.1, 0.15) is 35.4 Å². The Bertz CT molecular complexity index is 629. The van der Waals surface area contributed by atoms with E-state index in [1.807, 2.05) is 4.68 Å². The summed E-state index contributed by atoms with van der Waals surface area (Å²) in [4.78, 5) is 0. The van der Waals surface area contributed by atoms with Crippen molar-refractivity contribution >= 4 is 0 Å². The monoisotopic (exact) mass is 283 g/mol. The van der Waals surface area contributed by atoms with Crippen LogP contribution in [-0.4, -0.2) is 23.4 Å². The number of nitrogens with one attached hydrogen (secondary N) is 1. The number of likely N-dealkylation sites (N-methyl/N-ethyl adjacent to an activating group) is 1. The molecule has 3 rings (SSSR count). The van der Waals surface area contributed by atoms with Crippen molar-refractivity contribution in [3.8, 4) is 0 Å². The number of hydrogen-bond donors (Lipinski definition) is 1. The largest absolute Gasteiger partial charge is 0.319 e. The van der Waals surface area contributed by atoms with Crippen molar-refractivity contribution in [2.24, 2.45) is 7.05 Å². The highest BCUT2D eigenvalue weighted by atomic mass is 15.3. The molecule has 1 atom stereocenters. The van der Waals surface area contributed by atoms with E-state index in [0.717, 1.165) is 18.7 Å². The van der Waals surface area contributed by atoms with Crippen LogP contribution in [0.4, 0.5) is 0 Å². The first-order valence-electron chi connectivity index (χ1n) is 7.87. The second-order valence-corrected chi connectivity index (χ2v) is 6.40. The van der Waals surface area contributed by atoms with E-state index in [1.54, 1.807) is 0 Å². The van der Waals surface area contributed by atoms with Gasteiger partial charge in [0, 0.05) is 31.1 Å². The zero-order chi connectivity index (χ0) is 14.9. The molecule has 1 unspecified atom stereocenters. The normalized spacial score (nSPS) is 21.3. The van der Waals surface area contributed by atoms with E-state index in [4.69, 9.17) is 0 Å². The van der Waals surface area contributed by atoms with Gasteiger partial charge in [-0.25, -0.2) is 0 Å². The standard InChI is InChI=1S/C18H25N3/c1-14-11-16(21(3)20-14)12-18(13-19-2)10-6-8-15-7-4-5-9-17(15)18/h4-5,7,9,11,19H,6,8,10,12-13H2,1-3H3. The Morgan fingerprint density at radius 2 is 2.14 bits per heavy atom. The zero-order valence-corrected chi connectivity index (χ0v) is 13.3. The van der Waals surface area contributed by atoms with E-state index in [9.17, 15) is 0 Å². The topological polar surface area (TPSA) is 29.9 Å². The van der Waals surface area contributed by atoms with Gasteiger partial charge in [-0.2, -0.15) is 5.10 Å². The molecule has 0 bridgehead atoms. The van der Waals surface area contributed by atoms with Crippen LogP contribution >= 0.6 is 0 Å². The molecule has 3 nitrogen and oxygen atoms in total. The molecule has 0 fully saturated rings. The lowest BCUT2D eigenvalue weighted by Crippen LogP contribution is -2.42. The third-order valence-electron chi connectivity index (χ3n) is 4.82. The molecule has 112 valence electrons. The first-order valence-corrected chi connectivity index (χ1v) is 7.87. The molecule has 21 heavy (non-hydrogen) atoms. The number of benzene rings is 1. The van der Waals surface area contributed by atoms with Gasteiger partial charge in [-0.05, 0) is 50.4 Å². The van der Waals surface area contributed by atoms with Crippen molar-refractivity contribution in [2.45, 2.75) is 38.0 Å². The van der Waals surface area contributed by atoms with Gasteiger partial charge in [0.05, 0.1) is 5.69 Å². The molecule has 0 saturated carbocycles. The maximum absolute atomic E-state index is 4.52. The molecule has 0 radical (unpaired) electrons. The number of rotatable bonds is 4. The molecule has 1 heterocycles. The highest BCUT2D eigenvalue weighted by Crippen LogP contribution is 2.39. The number of nitrogens with zero attached hydrogens (tertiary/aromatic N) is 2. The van der Waals surface area contributed by atoms with Gasteiger partial charge in [0.25, 0.3) is 0 Å². The van der Waals surface area contributed by atoms with E-state index in [-0.39, 0.29) is 5.41 Å². The molecule has 0 saturated heterocycles. The second-order valence-electron chi connectivity index (χ2n) is 6.40. The van der Waals surface area contributed by atoms with Gasteiger partial charge in [-0.3, -0.25) is 4.68 Å². The molecular formula is C18H25N3. The summed E-state index contributed by atoms with van der Waals surface area (Å²) in [7, 11) is 4.12. The molecule has 0 aliphatic heterocycles. The molecule has 3 heteroatoms. The molecular weight excluding hydrogens is 258 g/mol. The van der Waals surface area contributed by atoms with Crippen LogP contribution in [0.3, 0.4) is 0 Å². The minimum absolute atomic E-state index is 0.198. The van der Waals surface area contributed by atoms with Gasteiger partial charge in [0.2, 0.25) is 0 Å². The Morgan fingerprint density at radius 3 is 2.86 bits per heavy atom. The lowest BCUT2D eigenvalue weighted by Gasteiger charge is -2.39. The van der Waals surface area contributed by atoms with E-state index in [0.29, 0.717) is 0 Å². The predicted octanol–water partition coefficient (Wildman–Crippen LogP) is 2.76. The van der Waals surface area contributed by atoms with Crippen molar-refractivity contribution < 1.29 is 0 Å². The summed E-state index contributed by atoms with van der Waals surface area (Å²) in [5, 5.41) is 7.96. The summed E-state index contributed by atoms with van der Waals surface area (Å²) in [5.74, 6) is 0. The lowest BCUT2D eigenvalue weighted by molar-refractivity contribution is 0.338. The van der Waals surface area contributed by atoms with Gasteiger partial charge in [0.1, 0.15) is 0 Å². The van der Waals surface area contributed by atoms with Crippen molar-refractivity contribution in [3.63, 3.8) is 0 Å².